The molecule has 2 aliphatic carbocycles. The summed E-state index contributed by atoms with van der Waals surface area (Å²) in [6.07, 6.45) is 27.1. The van der Waals surface area contributed by atoms with Gasteiger partial charge in [-0.1, -0.05) is 37.5 Å². The molecule has 4 aliphatic rings. The molecule has 2 heterocycles. The van der Waals surface area contributed by atoms with Gasteiger partial charge in [-0.15, -0.1) is 0 Å². The Bertz CT molecular complexity index is 693. The molecule has 2 aliphatic heterocycles. The van der Waals surface area contributed by atoms with Gasteiger partial charge in [0.05, 0.1) is 11.1 Å². The molecule has 1 atom stereocenters. The van der Waals surface area contributed by atoms with Crippen molar-refractivity contribution in [3.8, 4) is 0 Å². The summed E-state index contributed by atoms with van der Waals surface area (Å²) in [5, 5.41) is 10.2. The molecule has 1 N–H and O–H groups in total. The lowest BCUT2D eigenvalue weighted by molar-refractivity contribution is 0.0660. The summed E-state index contributed by atoms with van der Waals surface area (Å²) in [5.74, 6) is 0. The molecule has 2 nitrogen and oxygen atoms in total. The second-order valence-electron chi connectivity index (χ2n) is 11.3. The third kappa shape index (κ3) is 4.59. The fourth-order valence-corrected chi connectivity index (χ4v) is 6.72. The SMILES string of the molecule is CCC12CCC/C(=C\C=C3CCCCCC3)N1CC=C2C1(CCCC(C)(C)O)CC1. The standard InChI is InChI=1S/C28H45NO/c1-4-28-19-9-13-24(15-14-23-11-7-5-6-8-12-23)29(28)22-16-25(28)27(20-21-27)18-10-17-26(2,3)30/h14-16,30H,4-13,17-22H2,1-3H3/b24-15+. The molecule has 30 heavy (non-hydrogen) atoms. The highest BCUT2D eigenvalue weighted by atomic mass is 16.3. The highest BCUT2D eigenvalue weighted by Crippen LogP contribution is 2.63. The van der Waals surface area contributed by atoms with Gasteiger partial charge >= 0.3 is 0 Å². The summed E-state index contributed by atoms with van der Waals surface area (Å²) < 4.78 is 0. The normalized spacial score (nSPS) is 30.1. The van der Waals surface area contributed by atoms with E-state index in [-0.39, 0.29) is 5.54 Å². The van der Waals surface area contributed by atoms with Crippen molar-refractivity contribution < 1.29 is 5.11 Å². The van der Waals surface area contributed by atoms with Crippen molar-refractivity contribution in [2.75, 3.05) is 6.54 Å². The third-order valence-corrected chi connectivity index (χ3v) is 8.58. The number of aliphatic hydroxyl groups is 1. The second-order valence-corrected chi connectivity index (χ2v) is 11.3. The van der Waals surface area contributed by atoms with Crippen molar-refractivity contribution in [1.82, 2.24) is 4.90 Å². The average Bonchev–Trinajstić information content (AvgIpc) is 3.44. The van der Waals surface area contributed by atoms with Gasteiger partial charge in [-0.2, -0.15) is 0 Å². The summed E-state index contributed by atoms with van der Waals surface area (Å²) >= 11 is 0. The van der Waals surface area contributed by atoms with E-state index in [0.717, 1.165) is 19.4 Å². The molecule has 3 fully saturated rings. The van der Waals surface area contributed by atoms with Crippen LogP contribution in [0.3, 0.4) is 0 Å². The van der Waals surface area contributed by atoms with Crippen LogP contribution in [0.2, 0.25) is 0 Å². The van der Waals surface area contributed by atoms with Crippen molar-refractivity contribution in [2.45, 2.75) is 128 Å². The van der Waals surface area contributed by atoms with Crippen LogP contribution in [-0.2, 0) is 0 Å². The van der Waals surface area contributed by atoms with Gasteiger partial charge in [-0.3, -0.25) is 0 Å². The predicted molar refractivity (Wildman–Crippen MR) is 127 cm³/mol. The Kier molecular flexibility index (Phi) is 6.54. The van der Waals surface area contributed by atoms with Crippen molar-refractivity contribution >= 4 is 0 Å². The number of hydrogen-bond donors (Lipinski definition) is 1. The highest BCUT2D eigenvalue weighted by Gasteiger charge is 2.56. The monoisotopic (exact) mass is 411 g/mol. The quantitative estimate of drug-likeness (QED) is 0.347. The van der Waals surface area contributed by atoms with Gasteiger partial charge in [0, 0.05) is 12.2 Å². The highest BCUT2D eigenvalue weighted by molar-refractivity contribution is 5.41. The number of rotatable bonds is 7. The first-order valence-corrected chi connectivity index (χ1v) is 13.0. The maximum absolute atomic E-state index is 10.2. The fourth-order valence-electron chi connectivity index (χ4n) is 6.72. The number of nitrogens with zero attached hydrogens (tertiary/aromatic N) is 1. The molecule has 0 aromatic rings. The minimum absolute atomic E-state index is 0.275. The molecule has 0 bridgehead atoms. The van der Waals surface area contributed by atoms with Crippen LogP contribution < -0.4 is 0 Å². The van der Waals surface area contributed by atoms with Crippen molar-refractivity contribution in [3.63, 3.8) is 0 Å². The minimum Gasteiger partial charge on any atom is -0.390 e. The van der Waals surface area contributed by atoms with E-state index in [2.05, 4.69) is 30.1 Å². The van der Waals surface area contributed by atoms with Gasteiger partial charge < -0.3 is 10.0 Å². The average molecular weight is 412 g/mol. The summed E-state index contributed by atoms with van der Waals surface area (Å²) in [5.41, 5.74) is 5.25. The smallest absolute Gasteiger partial charge is 0.0618 e. The lowest BCUT2D eigenvalue weighted by atomic mass is 9.71. The Morgan fingerprint density at radius 3 is 2.37 bits per heavy atom. The first-order valence-electron chi connectivity index (χ1n) is 13.0. The summed E-state index contributed by atoms with van der Waals surface area (Å²) in [4.78, 5) is 2.80. The topological polar surface area (TPSA) is 23.5 Å². The van der Waals surface area contributed by atoms with E-state index < -0.39 is 5.60 Å². The molecule has 1 unspecified atom stereocenters. The van der Waals surface area contributed by atoms with E-state index in [9.17, 15) is 5.11 Å². The summed E-state index contributed by atoms with van der Waals surface area (Å²) in [6, 6.07) is 0. The number of fused-ring (bicyclic) bond motifs is 1. The molecule has 4 rings (SSSR count). The summed E-state index contributed by atoms with van der Waals surface area (Å²) in [6.45, 7) is 7.45. The zero-order valence-electron chi connectivity index (χ0n) is 19.9. The molecular formula is C28H45NO. The predicted octanol–water partition coefficient (Wildman–Crippen LogP) is 7.45. The lowest BCUT2D eigenvalue weighted by Gasteiger charge is -2.49. The molecule has 0 spiro atoms. The van der Waals surface area contributed by atoms with Gasteiger partial charge in [-0.05, 0) is 114 Å². The number of piperidine rings is 1. The van der Waals surface area contributed by atoms with Crippen LogP contribution in [0.1, 0.15) is 117 Å². The Morgan fingerprint density at radius 1 is 1.00 bits per heavy atom. The van der Waals surface area contributed by atoms with Crippen LogP contribution in [0, 0.1) is 5.41 Å². The zero-order chi connectivity index (χ0) is 21.2. The maximum Gasteiger partial charge on any atom is 0.0618 e. The van der Waals surface area contributed by atoms with Gasteiger partial charge in [-0.25, -0.2) is 0 Å². The largest absolute Gasteiger partial charge is 0.390 e. The van der Waals surface area contributed by atoms with Crippen molar-refractivity contribution in [3.05, 3.63) is 35.1 Å². The molecule has 0 aromatic heterocycles. The molecule has 2 saturated carbocycles. The van der Waals surface area contributed by atoms with Gasteiger partial charge in [0.2, 0.25) is 0 Å². The fraction of sp³-hybridized carbons (Fsp3) is 0.786. The molecule has 2 heteroatoms. The van der Waals surface area contributed by atoms with E-state index in [1.54, 1.807) is 16.8 Å². The van der Waals surface area contributed by atoms with Crippen LogP contribution in [0.25, 0.3) is 0 Å². The van der Waals surface area contributed by atoms with E-state index >= 15 is 0 Å². The second kappa shape index (κ2) is 8.85. The minimum atomic E-state index is -0.527. The van der Waals surface area contributed by atoms with Crippen LogP contribution in [0.15, 0.2) is 35.1 Å². The maximum atomic E-state index is 10.2. The van der Waals surface area contributed by atoms with E-state index in [0.29, 0.717) is 5.41 Å². The molecule has 0 amide bonds. The molecule has 0 radical (unpaired) electrons. The molecule has 0 aromatic carbocycles. The Labute approximate surface area is 185 Å². The van der Waals surface area contributed by atoms with Gasteiger partial charge in [0.15, 0.2) is 0 Å². The van der Waals surface area contributed by atoms with Gasteiger partial charge in [0.25, 0.3) is 0 Å². The number of allylic oxidation sites excluding steroid dienone is 4. The van der Waals surface area contributed by atoms with Gasteiger partial charge in [0.1, 0.15) is 0 Å². The number of hydrogen-bond acceptors (Lipinski definition) is 2. The third-order valence-electron chi connectivity index (χ3n) is 8.58. The Balaban J connectivity index is 1.50. The van der Waals surface area contributed by atoms with Crippen molar-refractivity contribution in [1.29, 1.82) is 0 Å². The Morgan fingerprint density at radius 2 is 1.73 bits per heavy atom. The zero-order valence-corrected chi connectivity index (χ0v) is 19.9. The Hall–Kier alpha value is -1.02. The molecule has 168 valence electrons. The van der Waals surface area contributed by atoms with Crippen LogP contribution >= 0.6 is 0 Å². The first-order chi connectivity index (χ1) is 14.4. The molecular weight excluding hydrogens is 366 g/mol. The van der Waals surface area contributed by atoms with Crippen molar-refractivity contribution in [2.24, 2.45) is 5.41 Å². The molecule has 1 saturated heterocycles. The first kappa shape index (κ1) is 22.2. The van der Waals surface area contributed by atoms with E-state index in [4.69, 9.17) is 0 Å². The van der Waals surface area contributed by atoms with Crippen LogP contribution in [0.5, 0.6) is 0 Å². The summed E-state index contributed by atoms with van der Waals surface area (Å²) in [7, 11) is 0. The van der Waals surface area contributed by atoms with Crippen LogP contribution in [-0.4, -0.2) is 27.7 Å². The lowest BCUT2D eigenvalue weighted by Crippen LogP contribution is -2.49. The van der Waals surface area contributed by atoms with Crippen LogP contribution in [0.4, 0.5) is 0 Å². The van der Waals surface area contributed by atoms with E-state index in [1.165, 1.54) is 83.5 Å². The van der Waals surface area contributed by atoms with E-state index in [1.807, 2.05) is 13.8 Å².